The van der Waals surface area contributed by atoms with Crippen LogP contribution < -0.4 is 5.32 Å². The van der Waals surface area contributed by atoms with E-state index in [1.165, 1.54) is 0 Å². The number of nitrogens with one attached hydrogen (secondary N) is 1. The third-order valence-corrected chi connectivity index (χ3v) is 4.74. The molecule has 2 aromatic carbocycles. The summed E-state index contributed by atoms with van der Waals surface area (Å²) >= 11 is 13.6. The summed E-state index contributed by atoms with van der Waals surface area (Å²) in [5, 5.41) is 11.3. The number of halogens is 2. The third-order valence-electron chi connectivity index (χ3n) is 3.24. The number of hydrogen-bond acceptors (Lipinski definition) is 5. The smallest absolute Gasteiger partial charge is 0.322 e. The number of thioether (sulfide) groups is 1. The summed E-state index contributed by atoms with van der Waals surface area (Å²) in [4.78, 5) is 13.4. The molecule has 0 spiro atoms. The van der Waals surface area contributed by atoms with Crippen molar-refractivity contribution in [1.29, 1.82) is 0 Å². The Morgan fingerprint density at radius 2 is 2.00 bits per heavy atom. The van der Waals surface area contributed by atoms with E-state index in [2.05, 4.69) is 15.5 Å². The molecule has 3 rings (SSSR count). The van der Waals surface area contributed by atoms with Gasteiger partial charge in [0.1, 0.15) is 0 Å². The summed E-state index contributed by atoms with van der Waals surface area (Å²) in [5.74, 6) is 0.756. The van der Waals surface area contributed by atoms with E-state index >= 15 is 0 Å². The molecule has 0 aliphatic carbocycles. The molecule has 0 saturated carbocycles. The average Bonchev–Trinajstić information content (AvgIpc) is 3.03. The molecule has 3 aromatic rings. The zero-order chi connectivity index (χ0) is 17.8. The summed E-state index contributed by atoms with van der Waals surface area (Å²) < 4.78 is 5.49. The van der Waals surface area contributed by atoms with Crippen LogP contribution in [-0.4, -0.2) is 21.9 Å². The van der Waals surface area contributed by atoms with Gasteiger partial charge in [-0.2, -0.15) is 0 Å². The van der Waals surface area contributed by atoms with Crippen LogP contribution in [0, 0.1) is 0 Å². The van der Waals surface area contributed by atoms with Crippen LogP contribution in [0.2, 0.25) is 10.0 Å². The Bertz CT molecular complexity index is 914. The van der Waals surface area contributed by atoms with Crippen molar-refractivity contribution >= 4 is 46.9 Å². The van der Waals surface area contributed by atoms with Crippen molar-refractivity contribution in [3.05, 3.63) is 58.1 Å². The minimum atomic E-state index is -0.311. The van der Waals surface area contributed by atoms with Crippen LogP contribution in [0.25, 0.3) is 11.5 Å². The van der Waals surface area contributed by atoms with Gasteiger partial charge in [0, 0.05) is 9.92 Å². The van der Waals surface area contributed by atoms with Crippen LogP contribution >= 0.6 is 35.0 Å². The van der Waals surface area contributed by atoms with Crippen molar-refractivity contribution in [1.82, 2.24) is 10.2 Å². The SMILES string of the molecule is CCSc1ccccc1C(=O)Nc1nnc(-c2ccc(Cl)cc2Cl)o1. The van der Waals surface area contributed by atoms with Crippen molar-refractivity contribution in [2.24, 2.45) is 0 Å². The van der Waals surface area contributed by atoms with Crippen LogP contribution in [0.1, 0.15) is 17.3 Å². The molecule has 0 fully saturated rings. The number of benzene rings is 2. The molecule has 5 nitrogen and oxygen atoms in total. The summed E-state index contributed by atoms with van der Waals surface area (Å²) in [6.07, 6.45) is 0. The van der Waals surface area contributed by atoms with Crippen LogP contribution in [0.5, 0.6) is 0 Å². The molecule has 0 aliphatic rings. The third kappa shape index (κ3) is 4.15. The number of aromatic nitrogens is 2. The normalized spacial score (nSPS) is 10.7. The number of carbonyl (C=O) groups excluding carboxylic acids is 1. The van der Waals surface area contributed by atoms with Gasteiger partial charge in [0.15, 0.2) is 0 Å². The molecule has 0 aliphatic heterocycles. The van der Waals surface area contributed by atoms with Crippen molar-refractivity contribution in [3.8, 4) is 11.5 Å². The fourth-order valence-electron chi connectivity index (χ4n) is 2.15. The molecule has 0 bridgehead atoms. The van der Waals surface area contributed by atoms with E-state index in [1.54, 1.807) is 42.1 Å². The van der Waals surface area contributed by atoms with Gasteiger partial charge in [-0.1, -0.05) is 47.4 Å². The number of anilines is 1. The Morgan fingerprint density at radius 3 is 2.76 bits per heavy atom. The number of carbonyl (C=O) groups is 1. The molecule has 0 radical (unpaired) electrons. The minimum absolute atomic E-state index is 0.00215. The van der Waals surface area contributed by atoms with E-state index in [4.69, 9.17) is 27.6 Å². The van der Waals surface area contributed by atoms with Crippen LogP contribution in [-0.2, 0) is 0 Å². The predicted octanol–water partition coefficient (Wildman–Crippen LogP) is 5.41. The topological polar surface area (TPSA) is 68.0 Å². The molecule has 1 aromatic heterocycles. The standard InChI is InChI=1S/C17H13Cl2N3O2S/c1-2-25-14-6-4-3-5-12(14)15(23)20-17-22-21-16(24-17)11-8-7-10(18)9-13(11)19/h3-9H,2H2,1H3,(H,20,22,23). The second kappa shape index (κ2) is 7.91. The number of nitrogens with zero attached hydrogens (tertiary/aromatic N) is 2. The summed E-state index contributed by atoms with van der Waals surface area (Å²) in [6, 6.07) is 12.3. The molecule has 1 N–H and O–H groups in total. The number of amides is 1. The second-order valence-electron chi connectivity index (χ2n) is 4.92. The molecule has 8 heteroatoms. The predicted molar refractivity (Wildman–Crippen MR) is 101 cm³/mol. The maximum absolute atomic E-state index is 12.5. The Labute approximate surface area is 158 Å². The summed E-state index contributed by atoms with van der Waals surface area (Å²) in [7, 11) is 0. The van der Waals surface area contributed by atoms with E-state index < -0.39 is 0 Å². The van der Waals surface area contributed by atoms with Crippen molar-refractivity contribution in [2.75, 3.05) is 11.1 Å². The lowest BCUT2D eigenvalue weighted by Crippen LogP contribution is -2.13. The van der Waals surface area contributed by atoms with Crippen LogP contribution in [0.4, 0.5) is 6.01 Å². The van der Waals surface area contributed by atoms with Crippen molar-refractivity contribution in [3.63, 3.8) is 0 Å². The molecule has 25 heavy (non-hydrogen) atoms. The molecule has 0 saturated heterocycles. The monoisotopic (exact) mass is 393 g/mol. The molecular weight excluding hydrogens is 381 g/mol. The lowest BCUT2D eigenvalue weighted by atomic mass is 10.2. The van der Waals surface area contributed by atoms with Gasteiger partial charge >= 0.3 is 6.01 Å². The molecular formula is C17H13Cl2N3O2S. The van der Waals surface area contributed by atoms with Gasteiger partial charge < -0.3 is 4.42 Å². The highest BCUT2D eigenvalue weighted by Gasteiger charge is 2.16. The van der Waals surface area contributed by atoms with Crippen LogP contribution in [0.3, 0.4) is 0 Å². The van der Waals surface area contributed by atoms with Gasteiger partial charge in [-0.15, -0.1) is 16.9 Å². The van der Waals surface area contributed by atoms with E-state index in [0.717, 1.165) is 10.6 Å². The van der Waals surface area contributed by atoms with E-state index in [9.17, 15) is 4.79 Å². The maximum Gasteiger partial charge on any atom is 0.322 e. The summed E-state index contributed by atoms with van der Waals surface area (Å²) in [5.41, 5.74) is 1.10. The first-order chi connectivity index (χ1) is 12.1. The Balaban J connectivity index is 1.81. The van der Waals surface area contributed by atoms with Gasteiger partial charge in [0.2, 0.25) is 0 Å². The van der Waals surface area contributed by atoms with Crippen molar-refractivity contribution in [2.45, 2.75) is 11.8 Å². The zero-order valence-electron chi connectivity index (χ0n) is 13.1. The van der Waals surface area contributed by atoms with Crippen LogP contribution in [0.15, 0.2) is 51.8 Å². The van der Waals surface area contributed by atoms with Gasteiger partial charge in [-0.25, -0.2) is 0 Å². The lowest BCUT2D eigenvalue weighted by molar-refractivity contribution is 0.102. The highest BCUT2D eigenvalue weighted by molar-refractivity contribution is 7.99. The Morgan fingerprint density at radius 1 is 1.20 bits per heavy atom. The Hall–Kier alpha value is -2.02. The van der Waals surface area contributed by atoms with Gasteiger partial charge in [0.25, 0.3) is 11.8 Å². The second-order valence-corrected chi connectivity index (χ2v) is 7.07. The molecule has 0 unspecified atom stereocenters. The minimum Gasteiger partial charge on any atom is -0.403 e. The maximum atomic E-state index is 12.5. The fraction of sp³-hybridized carbons (Fsp3) is 0.118. The summed E-state index contributed by atoms with van der Waals surface area (Å²) in [6.45, 7) is 2.03. The first-order valence-corrected chi connectivity index (χ1v) is 9.14. The first kappa shape index (κ1) is 17.8. The largest absolute Gasteiger partial charge is 0.403 e. The molecule has 1 amide bonds. The number of rotatable bonds is 5. The highest BCUT2D eigenvalue weighted by atomic mass is 35.5. The number of hydrogen-bond donors (Lipinski definition) is 1. The van der Waals surface area contributed by atoms with E-state index in [0.29, 0.717) is 21.2 Å². The molecule has 128 valence electrons. The zero-order valence-corrected chi connectivity index (χ0v) is 15.5. The first-order valence-electron chi connectivity index (χ1n) is 7.40. The quantitative estimate of drug-likeness (QED) is 0.587. The molecule has 1 heterocycles. The Kier molecular flexibility index (Phi) is 5.63. The average molecular weight is 394 g/mol. The van der Waals surface area contributed by atoms with Crippen molar-refractivity contribution < 1.29 is 9.21 Å². The van der Waals surface area contributed by atoms with Gasteiger partial charge in [0.05, 0.1) is 16.1 Å². The van der Waals surface area contributed by atoms with Gasteiger partial charge in [-0.3, -0.25) is 10.1 Å². The molecule has 0 atom stereocenters. The highest BCUT2D eigenvalue weighted by Crippen LogP contribution is 2.30. The van der Waals surface area contributed by atoms with Gasteiger partial charge in [-0.05, 0) is 36.1 Å². The van der Waals surface area contributed by atoms with E-state index in [-0.39, 0.29) is 17.8 Å². The lowest BCUT2D eigenvalue weighted by Gasteiger charge is -2.06. The van der Waals surface area contributed by atoms with E-state index in [1.807, 2.05) is 19.1 Å². The fourth-order valence-corrected chi connectivity index (χ4v) is 3.44.